The lowest BCUT2D eigenvalue weighted by atomic mass is 10.2. The summed E-state index contributed by atoms with van der Waals surface area (Å²) in [5, 5.41) is 13.6. The minimum Gasteiger partial charge on any atom is -0.468 e. The zero-order valence-corrected chi connectivity index (χ0v) is 13.6. The van der Waals surface area contributed by atoms with E-state index in [1.165, 1.54) is 0 Å². The fraction of sp³-hybridized carbons (Fsp3) is 0.294. The maximum atomic E-state index is 9.29. The van der Waals surface area contributed by atoms with E-state index in [4.69, 9.17) is 4.42 Å². The Labute approximate surface area is 139 Å². The Bertz CT molecular complexity index is 747. The van der Waals surface area contributed by atoms with E-state index in [1.807, 2.05) is 48.2 Å². The number of fused-ring (bicyclic) bond motifs is 1. The molecule has 0 aliphatic rings. The van der Waals surface area contributed by atoms with Crippen molar-refractivity contribution in [3.8, 4) is 0 Å². The van der Waals surface area contributed by atoms with Crippen molar-refractivity contribution in [2.24, 2.45) is 0 Å². The molecule has 0 fully saturated rings. The van der Waals surface area contributed by atoms with Gasteiger partial charge in [0.05, 0.1) is 17.5 Å². The number of nitrogens with zero attached hydrogens (tertiary/aromatic N) is 2. The van der Waals surface area contributed by atoms with Crippen molar-refractivity contribution < 1.29 is 9.52 Å². The van der Waals surface area contributed by atoms with Crippen LogP contribution in [0.4, 0.5) is 5.82 Å². The van der Waals surface area contributed by atoms with Gasteiger partial charge in [-0.3, -0.25) is 0 Å². The van der Waals surface area contributed by atoms with Gasteiger partial charge in [0.2, 0.25) is 0 Å². The Morgan fingerprint density at radius 1 is 1.13 bits per heavy atom. The molecule has 23 heavy (non-hydrogen) atoms. The van der Waals surface area contributed by atoms with E-state index in [0.29, 0.717) is 5.82 Å². The third-order valence-corrected chi connectivity index (χ3v) is 4.44. The first-order chi connectivity index (χ1) is 11.4. The number of benzene rings is 1. The van der Waals surface area contributed by atoms with E-state index in [1.54, 1.807) is 6.26 Å². The Hall–Kier alpha value is -2.05. The van der Waals surface area contributed by atoms with Crippen LogP contribution in [0.5, 0.6) is 0 Å². The van der Waals surface area contributed by atoms with Crippen molar-refractivity contribution in [3.63, 3.8) is 0 Å². The molecule has 1 aromatic carbocycles. The molecule has 6 heteroatoms. The predicted octanol–water partition coefficient (Wildman–Crippen LogP) is 3.45. The minimum absolute atomic E-state index is 0.154. The molecule has 0 atom stereocenters. The second kappa shape index (κ2) is 7.99. The molecule has 2 N–H and O–H groups in total. The largest absolute Gasteiger partial charge is 0.468 e. The molecular weight excluding hydrogens is 310 g/mol. The van der Waals surface area contributed by atoms with E-state index < -0.39 is 0 Å². The first-order valence-electron chi connectivity index (χ1n) is 7.57. The van der Waals surface area contributed by atoms with Gasteiger partial charge in [-0.2, -0.15) is 11.8 Å². The molecule has 3 rings (SSSR count). The highest BCUT2D eigenvalue weighted by Crippen LogP contribution is 2.20. The van der Waals surface area contributed by atoms with Crippen molar-refractivity contribution in [3.05, 3.63) is 54.2 Å². The Morgan fingerprint density at radius 3 is 2.87 bits per heavy atom. The SMILES string of the molecule is OCc1nc(NCCCSCc2ccco2)c2ccccc2n1. The number of aliphatic hydroxyl groups is 1. The highest BCUT2D eigenvalue weighted by atomic mass is 32.2. The number of aromatic nitrogens is 2. The van der Waals surface area contributed by atoms with Crippen LogP contribution in [-0.2, 0) is 12.4 Å². The molecule has 0 saturated heterocycles. The van der Waals surface area contributed by atoms with Crippen molar-refractivity contribution >= 4 is 28.5 Å². The maximum Gasteiger partial charge on any atom is 0.156 e. The van der Waals surface area contributed by atoms with E-state index in [0.717, 1.165) is 47.0 Å². The number of thioether (sulfide) groups is 1. The summed E-state index contributed by atoms with van der Waals surface area (Å²) in [7, 11) is 0. The molecule has 0 aliphatic carbocycles. The molecule has 120 valence electrons. The van der Waals surface area contributed by atoms with Crippen LogP contribution >= 0.6 is 11.8 Å². The van der Waals surface area contributed by atoms with Crippen LogP contribution in [0.15, 0.2) is 47.1 Å². The van der Waals surface area contributed by atoms with Gasteiger partial charge in [0.15, 0.2) is 5.82 Å². The van der Waals surface area contributed by atoms with Crippen LogP contribution in [-0.4, -0.2) is 27.4 Å². The number of furan rings is 1. The van der Waals surface area contributed by atoms with E-state index in [9.17, 15) is 5.11 Å². The number of rotatable bonds is 8. The van der Waals surface area contributed by atoms with Crippen molar-refractivity contribution in [2.45, 2.75) is 18.8 Å². The number of aliphatic hydroxyl groups excluding tert-OH is 1. The second-order valence-electron chi connectivity index (χ2n) is 5.08. The zero-order valence-electron chi connectivity index (χ0n) is 12.7. The molecule has 0 bridgehead atoms. The molecule has 3 aromatic rings. The average Bonchev–Trinajstić information content (AvgIpc) is 3.11. The second-order valence-corrected chi connectivity index (χ2v) is 6.18. The van der Waals surface area contributed by atoms with Crippen LogP contribution in [0.1, 0.15) is 18.0 Å². The monoisotopic (exact) mass is 329 g/mol. The van der Waals surface area contributed by atoms with Gasteiger partial charge in [-0.1, -0.05) is 12.1 Å². The average molecular weight is 329 g/mol. The summed E-state index contributed by atoms with van der Waals surface area (Å²) in [6.07, 6.45) is 2.73. The predicted molar refractivity (Wildman–Crippen MR) is 93.4 cm³/mol. The molecule has 0 aliphatic heterocycles. The summed E-state index contributed by atoms with van der Waals surface area (Å²) in [5.41, 5.74) is 0.848. The van der Waals surface area contributed by atoms with Crippen LogP contribution < -0.4 is 5.32 Å². The number of anilines is 1. The first-order valence-corrected chi connectivity index (χ1v) is 8.73. The molecule has 0 amide bonds. The van der Waals surface area contributed by atoms with Gasteiger partial charge in [0.1, 0.15) is 18.2 Å². The Morgan fingerprint density at radius 2 is 2.04 bits per heavy atom. The van der Waals surface area contributed by atoms with E-state index in [-0.39, 0.29) is 6.61 Å². The van der Waals surface area contributed by atoms with Crippen molar-refractivity contribution in [1.82, 2.24) is 9.97 Å². The summed E-state index contributed by atoms with van der Waals surface area (Å²) < 4.78 is 5.31. The fourth-order valence-electron chi connectivity index (χ4n) is 2.28. The van der Waals surface area contributed by atoms with Gasteiger partial charge >= 0.3 is 0 Å². The fourth-order valence-corrected chi connectivity index (χ4v) is 3.14. The van der Waals surface area contributed by atoms with Crippen LogP contribution in [0, 0.1) is 0 Å². The highest BCUT2D eigenvalue weighted by Gasteiger charge is 2.06. The maximum absolute atomic E-state index is 9.29. The smallest absolute Gasteiger partial charge is 0.156 e. The Balaban J connectivity index is 1.52. The number of para-hydroxylation sites is 1. The van der Waals surface area contributed by atoms with Crippen molar-refractivity contribution in [1.29, 1.82) is 0 Å². The summed E-state index contributed by atoms with van der Waals surface area (Å²) >= 11 is 1.85. The topological polar surface area (TPSA) is 71.2 Å². The zero-order chi connectivity index (χ0) is 15.9. The number of hydrogen-bond acceptors (Lipinski definition) is 6. The third-order valence-electron chi connectivity index (χ3n) is 3.37. The molecule has 5 nitrogen and oxygen atoms in total. The molecule has 0 unspecified atom stereocenters. The summed E-state index contributed by atoms with van der Waals surface area (Å²) in [4.78, 5) is 8.71. The minimum atomic E-state index is -0.154. The Kier molecular flexibility index (Phi) is 5.50. The molecule has 2 heterocycles. The lowest BCUT2D eigenvalue weighted by Crippen LogP contribution is -2.07. The lowest BCUT2D eigenvalue weighted by Gasteiger charge is -2.10. The van der Waals surface area contributed by atoms with Gasteiger partial charge in [0.25, 0.3) is 0 Å². The molecular formula is C17H19N3O2S. The van der Waals surface area contributed by atoms with Crippen LogP contribution in [0.2, 0.25) is 0 Å². The third kappa shape index (κ3) is 4.24. The van der Waals surface area contributed by atoms with Crippen LogP contribution in [0.3, 0.4) is 0 Å². The van der Waals surface area contributed by atoms with Crippen LogP contribution in [0.25, 0.3) is 10.9 Å². The van der Waals surface area contributed by atoms with Crippen molar-refractivity contribution in [2.75, 3.05) is 17.6 Å². The quantitative estimate of drug-likeness (QED) is 0.617. The molecule has 0 saturated carbocycles. The lowest BCUT2D eigenvalue weighted by molar-refractivity contribution is 0.272. The summed E-state index contributed by atoms with van der Waals surface area (Å²) in [5.74, 6) is 4.19. The molecule has 0 spiro atoms. The number of nitrogens with one attached hydrogen (secondary N) is 1. The summed E-state index contributed by atoms with van der Waals surface area (Å²) in [6.45, 7) is 0.676. The normalized spacial score (nSPS) is 11.0. The van der Waals surface area contributed by atoms with E-state index in [2.05, 4.69) is 15.3 Å². The standard InChI is InChI=1S/C17H19N3O2S/c21-11-16-19-15-7-2-1-6-14(15)17(20-16)18-8-4-10-23-12-13-5-3-9-22-13/h1-3,5-7,9,21H,4,8,10-12H2,(H,18,19,20). The first kappa shape index (κ1) is 15.8. The van der Waals surface area contributed by atoms with Gasteiger partial charge in [0, 0.05) is 11.9 Å². The van der Waals surface area contributed by atoms with Gasteiger partial charge in [-0.25, -0.2) is 9.97 Å². The van der Waals surface area contributed by atoms with Gasteiger partial charge in [-0.15, -0.1) is 0 Å². The van der Waals surface area contributed by atoms with Gasteiger partial charge < -0.3 is 14.8 Å². The molecule has 0 radical (unpaired) electrons. The highest BCUT2D eigenvalue weighted by molar-refractivity contribution is 7.98. The van der Waals surface area contributed by atoms with E-state index >= 15 is 0 Å². The molecule has 2 aromatic heterocycles. The summed E-state index contributed by atoms with van der Waals surface area (Å²) in [6, 6.07) is 11.7. The number of hydrogen-bond donors (Lipinski definition) is 2. The van der Waals surface area contributed by atoms with Gasteiger partial charge in [-0.05, 0) is 36.4 Å².